The molecule has 0 radical (unpaired) electrons. The number of carbonyl (C=O) groups excluding carboxylic acids is 1. The molecule has 1 amide bonds. The van der Waals surface area contributed by atoms with Crippen molar-refractivity contribution in [1.82, 2.24) is 10.6 Å². The third-order valence-corrected chi connectivity index (χ3v) is 7.88. The second-order valence-electron chi connectivity index (χ2n) is 8.44. The minimum Gasteiger partial charge on any atom is -0.367 e. The molecule has 0 unspecified atom stereocenters. The molecule has 4 rings (SSSR count). The van der Waals surface area contributed by atoms with Gasteiger partial charge in [-0.3, -0.25) is 9.52 Å². The van der Waals surface area contributed by atoms with Gasteiger partial charge in [-0.15, -0.1) is 0 Å². The fourth-order valence-corrected chi connectivity index (χ4v) is 5.56. The van der Waals surface area contributed by atoms with E-state index in [-0.39, 0.29) is 16.8 Å². The molecule has 0 bridgehead atoms. The molecule has 1 aliphatic heterocycles. The van der Waals surface area contributed by atoms with Crippen molar-refractivity contribution < 1.29 is 13.2 Å². The fraction of sp³-hybridized carbons (Fsp3) is 0.435. The van der Waals surface area contributed by atoms with Crippen molar-refractivity contribution in [3.05, 3.63) is 52.5 Å². The average Bonchev–Trinajstić information content (AvgIpc) is 3.29. The number of hydrogen-bond donors (Lipinski definition) is 3. The van der Waals surface area contributed by atoms with Crippen molar-refractivity contribution in [3.8, 4) is 0 Å². The molecule has 2 aromatic rings. The van der Waals surface area contributed by atoms with Gasteiger partial charge in [0.05, 0.1) is 16.3 Å². The molecule has 0 aromatic heterocycles. The zero-order chi connectivity index (χ0) is 22.7. The van der Waals surface area contributed by atoms with Crippen LogP contribution in [0.15, 0.2) is 41.3 Å². The quantitative estimate of drug-likeness (QED) is 0.593. The molecule has 2 aliphatic rings. The van der Waals surface area contributed by atoms with Crippen LogP contribution in [-0.2, 0) is 10.0 Å². The lowest BCUT2D eigenvalue weighted by atomic mass is 10.1. The van der Waals surface area contributed by atoms with Crippen LogP contribution < -0.4 is 20.3 Å². The molecule has 9 heteroatoms. The van der Waals surface area contributed by atoms with E-state index in [1.165, 1.54) is 12.1 Å². The highest BCUT2D eigenvalue weighted by atomic mass is 35.5. The second kappa shape index (κ2) is 9.68. The first-order valence-electron chi connectivity index (χ1n) is 11.0. The Balaban J connectivity index is 1.66. The Morgan fingerprint density at radius 3 is 2.50 bits per heavy atom. The number of aryl methyl sites for hydroxylation is 1. The van der Waals surface area contributed by atoms with Crippen LogP contribution in [0, 0.1) is 6.92 Å². The molecule has 7 nitrogen and oxygen atoms in total. The molecular formula is C23H29ClN4O3S. The van der Waals surface area contributed by atoms with E-state index >= 15 is 0 Å². The van der Waals surface area contributed by atoms with Gasteiger partial charge in [-0.1, -0.05) is 30.5 Å². The number of amides is 1. The van der Waals surface area contributed by atoms with E-state index in [0.717, 1.165) is 63.1 Å². The molecular weight excluding hydrogens is 448 g/mol. The van der Waals surface area contributed by atoms with E-state index in [9.17, 15) is 13.2 Å². The van der Waals surface area contributed by atoms with Crippen molar-refractivity contribution in [2.24, 2.45) is 0 Å². The highest BCUT2D eigenvalue weighted by Gasteiger charge is 2.23. The molecule has 1 heterocycles. The average molecular weight is 477 g/mol. The molecule has 1 aliphatic carbocycles. The maximum atomic E-state index is 13.2. The van der Waals surface area contributed by atoms with Gasteiger partial charge in [0.1, 0.15) is 0 Å². The lowest BCUT2D eigenvalue weighted by molar-refractivity contribution is 0.0938. The first-order valence-corrected chi connectivity index (χ1v) is 12.9. The minimum atomic E-state index is -3.89. The summed E-state index contributed by atoms with van der Waals surface area (Å²) in [5.41, 5.74) is 2.39. The van der Waals surface area contributed by atoms with Gasteiger partial charge in [0.15, 0.2) is 0 Å². The van der Waals surface area contributed by atoms with Crippen molar-refractivity contribution in [3.63, 3.8) is 0 Å². The summed E-state index contributed by atoms with van der Waals surface area (Å²) in [7, 11) is -3.89. The Kier molecular flexibility index (Phi) is 6.93. The maximum Gasteiger partial charge on any atom is 0.262 e. The van der Waals surface area contributed by atoms with Crippen LogP contribution in [0.3, 0.4) is 0 Å². The second-order valence-corrected chi connectivity index (χ2v) is 10.5. The lowest BCUT2D eigenvalue weighted by Crippen LogP contribution is -2.43. The molecule has 32 heavy (non-hydrogen) atoms. The number of nitrogens with one attached hydrogen (secondary N) is 3. The van der Waals surface area contributed by atoms with Gasteiger partial charge in [0.25, 0.3) is 15.9 Å². The number of nitrogens with zero attached hydrogens (tertiary/aromatic N) is 1. The largest absolute Gasteiger partial charge is 0.367 e. The van der Waals surface area contributed by atoms with Crippen LogP contribution in [-0.4, -0.2) is 46.5 Å². The third kappa shape index (κ3) is 5.19. The van der Waals surface area contributed by atoms with Crippen molar-refractivity contribution in [2.75, 3.05) is 35.8 Å². The van der Waals surface area contributed by atoms with E-state index in [1.54, 1.807) is 18.2 Å². The summed E-state index contributed by atoms with van der Waals surface area (Å²) >= 11 is 6.16. The molecule has 172 valence electrons. The minimum absolute atomic E-state index is 0.0835. The Morgan fingerprint density at radius 2 is 1.81 bits per heavy atom. The number of halogens is 1. The molecule has 3 N–H and O–H groups in total. The molecule has 2 aromatic carbocycles. The normalized spacial score (nSPS) is 17.4. The van der Waals surface area contributed by atoms with Crippen molar-refractivity contribution >= 4 is 38.9 Å². The topological polar surface area (TPSA) is 90.5 Å². The number of anilines is 2. The number of sulfonamides is 1. The Morgan fingerprint density at radius 1 is 1.09 bits per heavy atom. The molecule has 0 atom stereocenters. The summed E-state index contributed by atoms with van der Waals surface area (Å²) in [6.45, 7) is 4.94. The number of benzene rings is 2. The molecule has 1 saturated heterocycles. The Hall–Kier alpha value is -2.29. The van der Waals surface area contributed by atoms with Crippen LogP contribution in [0.1, 0.15) is 41.6 Å². The zero-order valence-electron chi connectivity index (χ0n) is 18.2. The first kappa shape index (κ1) is 22.9. The highest BCUT2D eigenvalue weighted by Crippen LogP contribution is 2.31. The predicted octanol–water partition coefficient (Wildman–Crippen LogP) is 3.53. The summed E-state index contributed by atoms with van der Waals surface area (Å²) in [6.07, 6.45) is 4.21. The van der Waals surface area contributed by atoms with Gasteiger partial charge >= 0.3 is 0 Å². The summed E-state index contributed by atoms with van der Waals surface area (Å²) in [6, 6.07) is 10.1. The van der Waals surface area contributed by atoms with E-state index in [1.807, 2.05) is 13.0 Å². The van der Waals surface area contributed by atoms with Crippen LogP contribution in [0.25, 0.3) is 0 Å². The monoisotopic (exact) mass is 476 g/mol. The van der Waals surface area contributed by atoms with Gasteiger partial charge in [0, 0.05) is 42.8 Å². The Labute approximate surface area is 194 Å². The van der Waals surface area contributed by atoms with Gasteiger partial charge in [0.2, 0.25) is 0 Å². The third-order valence-electron chi connectivity index (χ3n) is 6.10. The standard InChI is InChI=1S/C23H29ClN4O3S/c1-16-6-8-19(15-20(16)24)32(30,31)27-21-14-17(23(29)26-18-4-2-3-5-18)7-9-22(21)28-12-10-25-11-13-28/h6-9,14-15,18,25,27H,2-5,10-13H2,1H3,(H,26,29). The SMILES string of the molecule is Cc1ccc(S(=O)(=O)Nc2cc(C(=O)NC3CCCC3)ccc2N2CCNCC2)cc1Cl. The summed E-state index contributed by atoms with van der Waals surface area (Å²) in [5.74, 6) is -0.178. The summed E-state index contributed by atoms with van der Waals surface area (Å²) in [4.78, 5) is 15.0. The van der Waals surface area contributed by atoms with Gasteiger partial charge in [-0.2, -0.15) is 0 Å². The van der Waals surface area contributed by atoms with E-state index in [4.69, 9.17) is 11.6 Å². The van der Waals surface area contributed by atoms with E-state index in [0.29, 0.717) is 16.3 Å². The van der Waals surface area contributed by atoms with Gasteiger partial charge in [-0.25, -0.2) is 8.42 Å². The smallest absolute Gasteiger partial charge is 0.262 e. The first-order chi connectivity index (χ1) is 15.3. The van der Waals surface area contributed by atoms with Gasteiger partial charge in [-0.05, 0) is 55.7 Å². The summed E-state index contributed by atoms with van der Waals surface area (Å²) in [5, 5.41) is 6.76. The maximum absolute atomic E-state index is 13.2. The van der Waals surface area contributed by atoms with E-state index < -0.39 is 10.0 Å². The fourth-order valence-electron chi connectivity index (χ4n) is 4.22. The number of piperazine rings is 1. The zero-order valence-corrected chi connectivity index (χ0v) is 19.7. The highest BCUT2D eigenvalue weighted by molar-refractivity contribution is 7.92. The number of rotatable bonds is 6. The van der Waals surface area contributed by atoms with Crippen molar-refractivity contribution in [2.45, 2.75) is 43.5 Å². The molecule has 0 spiro atoms. The van der Waals surface area contributed by atoms with Crippen LogP contribution >= 0.6 is 11.6 Å². The van der Waals surface area contributed by atoms with Crippen LogP contribution in [0.5, 0.6) is 0 Å². The number of hydrogen-bond acceptors (Lipinski definition) is 5. The molecule has 1 saturated carbocycles. The van der Waals surface area contributed by atoms with Gasteiger partial charge < -0.3 is 15.5 Å². The predicted molar refractivity (Wildman–Crippen MR) is 128 cm³/mol. The van der Waals surface area contributed by atoms with E-state index in [2.05, 4.69) is 20.3 Å². The number of carbonyl (C=O) groups is 1. The lowest BCUT2D eigenvalue weighted by Gasteiger charge is -2.31. The molecule has 2 fully saturated rings. The van der Waals surface area contributed by atoms with Crippen LogP contribution in [0.4, 0.5) is 11.4 Å². The van der Waals surface area contributed by atoms with Crippen LogP contribution in [0.2, 0.25) is 5.02 Å². The van der Waals surface area contributed by atoms with Crippen molar-refractivity contribution in [1.29, 1.82) is 0 Å². The summed E-state index contributed by atoms with van der Waals surface area (Å²) < 4.78 is 29.0. The Bertz CT molecular complexity index is 1090.